The fourth-order valence-electron chi connectivity index (χ4n) is 2.12. The molecule has 3 heteroatoms. The van der Waals surface area contributed by atoms with Gasteiger partial charge in [0.1, 0.15) is 0 Å². The lowest BCUT2D eigenvalue weighted by atomic mass is 10.1. The summed E-state index contributed by atoms with van der Waals surface area (Å²) in [4.78, 5) is 11.3. The Bertz CT molecular complexity index is 590. The van der Waals surface area contributed by atoms with E-state index < -0.39 is 12.1 Å². The first-order valence-electron chi connectivity index (χ1n) is 6.53. The van der Waals surface area contributed by atoms with Crippen LogP contribution in [0.15, 0.2) is 48.5 Å². The molecule has 2 rings (SSSR count). The van der Waals surface area contributed by atoms with Gasteiger partial charge in [0.2, 0.25) is 0 Å². The molecule has 0 radical (unpaired) electrons. The molecular weight excluding hydrogens is 252 g/mol. The summed E-state index contributed by atoms with van der Waals surface area (Å²) in [5, 5.41) is 9.29. The summed E-state index contributed by atoms with van der Waals surface area (Å²) < 4.78 is 5.60. The molecule has 0 saturated heterocycles. The topological polar surface area (TPSA) is 46.5 Å². The molecule has 0 saturated carbocycles. The minimum absolute atomic E-state index is 0.290. The molecule has 2 aromatic rings. The number of aryl methyl sites for hydroxylation is 2. The molecule has 0 aliphatic rings. The van der Waals surface area contributed by atoms with Gasteiger partial charge < -0.3 is 9.84 Å². The van der Waals surface area contributed by atoms with Gasteiger partial charge in [-0.15, -0.1) is 0 Å². The summed E-state index contributed by atoms with van der Waals surface area (Å²) in [6.45, 7) is 4.32. The molecule has 0 spiro atoms. The summed E-state index contributed by atoms with van der Waals surface area (Å²) in [7, 11) is 0. The molecule has 0 aromatic heterocycles. The van der Waals surface area contributed by atoms with Crippen LogP contribution in [0.2, 0.25) is 0 Å². The smallest absolute Gasteiger partial charge is 0.337 e. The Hall–Kier alpha value is -2.13. The maximum Gasteiger partial charge on any atom is 0.337 e. The van der Waals surface area contributed by atoms with Crippen molar-refractivity contribution in [1.82, 2.24) is 0 Å². The van der Waals surface area contributed by atoms with E-state index >= 15 is 0 Å². The number of carboxylic acid groups (broad SMARTS) is 1. The number of carboxylic acids is 1. The SMILES string of the molecule is Cc1ccc(COC(C(=O)O)c2ccccc2)c(C)c1. The van der Waals surface area contributed by atoms with Gasteiger partial charge >= 0.3 is 5.97 Å². The minimum atomic E-state index is -0.971. The van der Waals surface area contributed by atoms with Crippen LogP contribution in [0.3, 0.4) is 0 Å². The Morgan fingerprint density at radius 3 is 2.45 bits per heavy atom. The zero-order valence-corrected chi connectivity index (χ0v) is 11.7. The molecule has 0 aliphatic heterocycles. The molecule has 104 valence electrons. The van der Waals surface area contributed by atoms with Gasteiger partial charge in [-0.05, 0) is 30.5 Å². The molecule has 0 fully saturated rings. The van der Waals surface area contributed by atoms with E-state index in [0.29, 0.717) is 5.56 Å². The lowest BCUT2D eigenvalue weighted by Crippen LogP contribution is -2.15. The fraction of sp³-hybridized carbons (Fsp3) is 0.235. The largest absolute Gasteiger partial charge is 0.479 e. The number of carbonyl (C=O) groups is 1. The number of benzene rings is 2. The van der Waals surface area contributed by atoms with Gasteiger partial charge in [-0.1, -0.05) is 54.1 Å². The monoisotopic (exact) mass is 270 g/mol. The first-order chi connectivity index (χ1) is 9.58. The standard InChI is InChI=1S/C17H18O3/c1-12-8-9-15(13(2)10-12)11-20-16(17(18)19)14-6-4-3-5-7-14/h3-10,16H,11H2,1-2H3,(H,18,19). The van der Waals surface area contributed by atoms with E-state index in [4.69, 9.17) is 4.74 Å². The number of rotatable bonds is 5. The Labute approximate surface area is 118 Å². The highest BCUT2D eigenvalue weighted by molar-refractivity contribution is 5.74. The maximum atomic E-state index is 11.3. The molecule has 0 bridgehead atoms. The third-order valence-electron chi connectivity index (χ3n) is 3.23. The van der Waals surface area contributed by atoms with Crippen molar-refractivity contribution in [2.24, 2.45) is 0 Å². The second-order valence-corrected chi connectivity index (χ2v) is 4.87. The Morgan fingerprint density at radius 2 is 1.85 bits per heavy atom. The zero-order valence-electron chi connectivity index (χ0n) is 11.7. The quantitative estimate of drug-likeness (QED) is 0.902. The Morgan fingerprint density at radius 1 is 1.15 bits per heavy atom. The third kappa shape index (κ3) is 3.45. The van der Waals surface area contributed by atoms with E-state index in [0.717, 1.165) is 11.1 Å². The molecule has 1 atom stereocenters. The summed E-state index contributed by atoms with van der Waals surface area (Å²) in [6.07, 6.45) is -0.933. The minimum Gasteiger partial charge on any atom is -0.479 e. The molecule has 0 amide bonds. The van der Waals surface area contributed by atoms with Crippen LogP contribution < -0.4 is 0 Å². The lowest BCUT2D eigenvalue weighted by molar-refractivity contribution is -0.151. The van der Waals surface area contributed by atoms with Crippen molar-refractivity contribution in [3.05, 3.63) is 70.8 Å². The average Bonchev–Trinajstić information content (AvgIpc) is 2.42. The van der Waals surface area contributed by atoms with Gasteiger partial charge in [-0.2, -0.15) is 0 Å². The number of aliphatic carboxylic acids is 1. The van der Waals surface area contributed by atoms with Crippen LogP contribution in [0, 0.1) is 13.8 Å². The van der Waals surface area contributed by atoms with Crippen molar-refractivity contribution in [2.45, 2.75) is 26.6 Å². The number of ether oxygens (including phenoxy) is 1. The summed E-state index contributed by atoms with van der Waals surface area (Å²) in [6, 6.07) is 15.1. The van der Waals surface area contributed by atoms with Crippen LogP contribution in [-0.2, 0) is 16.1 Å². The van der Waals surface area contributed by atoms with Crippen LogP contribution in [0.1, 0.15) is 28.4 Å². The summed E-state index contributed by atoms with van der Waals surface area (Å²) >= 11 is 0. The second-order valence-electron chi connectivity index (χ2n) is 4.87. The molecule has 1 unspecified atom stereocenters. The number of hydrogen-bond donors (Lipinski definition) is 1. The molecule has 20 heavy (non-hydrogen) atoms. The van der Waals surface area contributed by atoms with Crippen molar-refractivity contribution in [1.29, 1.82) is 0 Å². The second kappa shape index (κ2) is 6.35. The highest BCUT2D eigenvalue weighted by Crippen LogP contribution is 2.21. The highest BCUT2D eigenvalue weighted by atomic mass is 16.5. The maximum absolute atomic E-state index is 11.3. The van der Waals surface area contributed by atoms with Gasteiger partial charge in [0.05, 0.1) is 6.61 Å². The van der Waals surface area contributed by atoms with Gasteiger partial charge in [0.15, 0.2) is 6.10 Å². The van der Waals surface area contributed by atoms with Crippen LogP contribution in [-0.4, -0.2) is 11.1 Å². The first kappa shape index (κ1) is 14.3. The van der Waals surface area contributed by atoms with Gasteiger partial charge in [-0.3, -0.25) is 0 Å². The third-order valence-corrected chi connectivity index (χ3v) is 3.23. The molecular formula is C17H18O3. The van der Waals surface area contributed by atoms with Gasteiger partial charge in [0.25, 0.3) is 0 Å². The predicted molar refractivity (Wildman–Crippen MR) is 77.5 cm³/mol. The first-order valence-corrected chi connectivity index (χ1v) is 6.53. The van der Waals surface area contributed by atoms with E-state index in [1.54, 1.807) is 12.1 Å². The summed E-state index contributed by atoms with van der Waals surface area (Å²) in [5.41, 5.74) is 3.97. The van der Waals surface area contributed by atoms with Crippen LogP contribution in [0.4, 0.5) is 0 Å². The van der Waals surface area contributed by atoms with Gasteiger partial charge in [0, 0.05) is 0 Å². The van der Waals surface area contributed by atoms with Crippen molar-refractivity contribution in [3.63, 3.8) is 0 Å². The van der Waals surface area contributed by atoms with E-state index in [1.807, 2.05) is 44.2 Å². The van der Waals surface area contributed by atoms with Crippen molar-refractivity contribution >= 4 is 5.97 Å². The molecule has 1 N–H and O–H groups in total. The van der Waals surface area contributed by atoms with E-state index in [-0.39, 0.29) is 6.61 Å². The number of hydrogen-bond acceptors (Lipinski definition) is 2. The Balaban J connectivity index is 2.12. The summed E-state index contributed by atoms with van der Waals surface area (Å²) in [5.74, 6) is -0.971. The van der Waals surface area contributed by atoms with Crippen molar-refractivity contribution in [3.8, 4) is 0 Å². The molecule has 3 nitrogen and oxygen atoms in total. The fourth-order valence-corrected chi connectivity index (χ4v) is 2.12. The molecule has 2 aromatic carbocycles. The average molecular weight is 270 g/mol. The van der Waals surface area contributed by atoms with E-state index in [9.17, 15) is 9.90 Å². The van der Waals surface area contributed by atoms with E-state index in [1.165, 1.54) is 5.56 Å². The van der Waals surface area contributed by atoms with Crippen molar-refractivity contribution < 1.29 is 14.6 Å². The van der Waals surface area contributed by atoms with Crippen LogP contribution in [0.25, 0.3) is 0 Å². The van der Waals surface area contributed by atoms with Gasteiger partial charge in [-0.25, -0.2) is 4.79 Å². The van der Waals surface area contributed by atoms with Crippen LogP contribution in [0.5, 0.6) is 0 Å². The van der Waals surface area contributed by atoms with E-state index in [2.05, 4.69) is 6.07 Å². The Kier molecular flexibility index (Phi) is 4.53. The zero-order chi connectivity index (χ0) is 14.5. The van der Waals surface area contributed by atoms with Crippen molar-refractivity contribution in [2.75, 3.05) is 0 Å². The normalized spacial score (nSPS) is 12.1. The molecule has 0 aliphatic carbocycles. The van der Waals surface area contributed by atoms with Crippen LogP contribution >= 0.6 is 0 Å². The molecule has 0 heterocycles. The lowest BCUT2D eigenvalue weighted by Gasteiger charge is -2.15. The highest BCUT2D eigenvalue weighted by Gasteiger charge is 2.20. The predicted octanol–water partition coefficient (Wildman–Crippen LogP) is 3.65.